The maximum Gasteiger partial charge on any atom is 0.528 e. The van der Waals surface area contributed by atoms with Crippen molar-refractivity contribution in [2.45, 2.75) is 51.8 Å². The summed E-state index contributed by atoms with van der Waals surface area (Å²) < 4.78 is 53.8. The molecule has 8 heteroatoms. The van der Waals surface area contributed by atoms with E-state index in [2.05, 4.69) is 29.8 Å². The number of benzene rings is 1. The Labute approximate surface area is 134 Å². The third-order valence-corrected chi connectivity index (χ3v) is 4.61. The number of alkyl halides is 3. The van der Waals surface area contributed by atoms with Crippen LogP contribution in [0.1, 0.15) is 44.7 Å². The van der Waals surface area contributed by atoms with Crippen LogP contribution in [0.5, 0.6) is 0 Å². The van der Waals surface area contributed by atoms with E-state index in [4.69, 9.17) is 0 Å². The Morgan fingerprint density at radius 2 is 1.83 bits per heavy atom. The van der Waals surface area contributed by atoms with Gasteiger partial charge in [-0.05, 0) is 35.8 Å². The van der Waals surface area contributed by atoms with Crippen molar-refractivity contribution in [1.82, 2.24) is 0 Å². The van der Waals surface area contributed by atoms with Gasteiger partial charge in [-0.15, -0.1) is 13.2 Å². The van der Waals surface area contributed by atoms with E-state index in [1.54, 1.807) is 0 Å². The maximum atomic E-state index is 11.9. The van der Waals surface area contributed by atoms with Crippen LogP contribution in [0.2, 0.25) is 0 Å². The highest BCUT2D eigenvalue weighted by molar-refractivity contribution is 7.45. The van der Waals surface area contributed by atoms with Crippen LogP contribution >= 0.6 is 7.82 Å². The third-order valence-electron chi connectivity index (χ3n) is 3.69. The van der Waals surface area contributed by atoms with Gasteiger partial charge >= 0.3 is 6.36 Å². The number of hydrogen-bond acceptors (Lipinski definition) is 4. The number of phosphoric acid groups is 1. The smallest absolute Gasteiger partial charge is 0.528 e. The van der Waals surface area contributed by atoms with E-state index in [-0.39, 0.29) is 18.4 Å². The van der Waals surface area contributed by atoms with E-state index in [1.165, 1.54) is 0 Å². The van der Waals surface area contributed by atoms with E-state index >= 15 is 0 Å². The van der Waals surface area contributed by atoms with Crippen LogP contribution in [0.3, 0.4) is 0 Å². The molecule has 0 spiro atoms. The molecule has 1 unspecified atom stereocenters. The Morgan fingerprint density at radius 3 is 2.39 bits per heavy atom. The van der Waals surface area contributed by atoms with E-state index < -0.39 is 14.2 Å². The number of hydrogen-bond donors (Lipinski definition) is 0. The van der Waals surface area contributed by atoms with Crippen molar-refractivity contribution in [3.63, 3.8) is 0 Å². The van der Waals surface area contributed by atoms with Crippen molar-refractivity contribution >= 4 is 7.82 Å². The molecule has 1 atom stereocenters. The second-order valence-electron chi connectivity index (χ2n) is 5.82. The number of phosphoric ester groups is 1. The summed E-state index contributed by atoms with van der Waals surface area (Å²) in [4.78, 5) is 11.0. The number of aryl methyl sites for hydroxylation is 1. The van der Waals surface area contributed by atoms with Gasteiger partial charge in [0.25, 0.3) is 7.82 Å². The highest BCUT2D eigenvalue weighted by Crippen LogP contribution is 2.44. The fourth-order valence-corrected chi connectivity index (χ4v) is 2.84. The summed E-state index contributed by atoms with van der Waals surface area (Å²) >= 11 is 0. The molecule has 0 aromatic heterocycles. The molecule has 4 nitrogen and oxygen atoms in total. The Morgan fingerprint density at radius 1 is 1.22 bits per heavy atom. The second kappa shape index (κ2) is 7.79. The van der Waals surface area contributed by atoms with Gasteiger partial charge in [0.1, 0.15) is 0 Å². The summed E-state index contributed by atoms with van der Waals surface area (Å²) in [7, 11) is -5.36. The van der Waals surface area contributed by atoms with Crippen LogP contribution in [0.15, 0.2) is 24.3 Å². The van der Waals surface area contributed by atoms with Crippen molar-refractivity contribution in [3.05, 3.63) is 35.4 Å². The van der Waals surface area contributed by atoms with Crippen LogP contribution in [0.4, 0.5) is 13.2 Å². The first-order chi connectivity index (χ1) is 10.5. The first kappa shape index (κ1) is 20.2. The summed E-state index contributed by atoms with van der Waals surface area (Å²) in [5, 5.41) is 0. The van der Waals surface area contributed by atoms with E-state index in [0.29, 0.717) is 6.42 Å². The molecule has 0 bridgehead atoms. The molecule has 0 aliphatic rings. The molecule has 1 rings (SSSR count). The van der Waals surface area contributed by atoms with Crippen LogP contribution in [0, 0.1) is 0 Å². The fraction of sp³-hybridized carbons (Fsp3) is 0.600. The molecular formula is C15H21F3O4P-. The Bertz CT molecular complexity index is 558. The van der Waals surface area contributed by atoms with Gasteiger partial charge in [-0.25, -0.2) is 4.52 Å². The highest BCUT2D eigenvalue weighted by Gasteiger charge is 2.35. The summed E-state index contributed by atoms with van der Waals surface area (Å²) in [6, 6.07) is 7.73. The lowest BCUT2D eigenvalue weighted by molar-refractivity contribution is -0.322. The van der Waals surface area contributed by atoms with Crippen LogP contribution in [0.25, 0.3) is 0 Å². The highest BCUT2D eigenvalue weighted by atomic mass is 31.2. The van der Waals surface area contributed by atoms with Gasteiger partial charge in [-0.2, -0.15) is 0 Å². The van der Waals surface area contributed by atoms with Crippen LogP contribution in [-0.4, -0.2) is 13.0 Å². The minimum atomic E-state index is -5.36. The van der Waals surface area contributed by atoms with E-state index in [1.807, 2.05) is 24.3 Å². The Hall–Kier alpha value is -0.880. The first-order valence-electron chi connectivity index (χ1n) is 7.28. The van der Waals surface area contributed by atoms with Crippen molar-refractivity contribution in [1.29, 1.82) is 0 Å². The lowest BCUT2D eigenvalue weighted by atomic mass is 9.79. The lowest BCUT2D eigenvalue weighted by Crippen LogP contribution is -2.19. The predicted octanol–water partition coefficient (Wildman–Crippen LogP) is 4.33. The van der Waals surface area contributed by atoms with Crippen molar-refractivity contribution in [3.8, 4) is 0 Å². The molecule has 0 amide bonds. The molecule has 1 aromatic carbocycles. The minimum absolute atomic E-state index is 0.0370. The molecule has 1 aromatic rings. The van der Waals surface area contributed by atoms with E-state index in [0.717, 1.165) is 17.5 Å². The average molecular weight is 353 g/mol. The molecule has 23 heavy (non-hydrogen) atoms. The molecule has 0 N–H and O–H groups in total. The summed E-state index contributed by atoms with van der Waals surface area (Å²) in [5.41, 5.74) is 2.13. The summed E-state index contributed by atoms with van der Waals surface area (Å²) in [6.45, 7) is 5.91. The normalized spacial score (nSPS) is 15.4. The molecule has 0 aliphatic heterocycles. The molecular weight excluding hydrogens is 332 g/mol. The minimum Gasteiger partial charge on any atom is -0.756 e. The zero-order valence-electron chi connectivity index (χ0n) is 13.4. The van der Waals surface area contributed by atoms with Gasteiger partial charge in [-0.3, -0.25) is 4.57 Å². The average Bonchev–Trinajstić information content (AvgIpc) is 2.41. The molecule has 0 fully saturated rings. The quantitative estimate of drug-likeness (QED) is 0.516. The molecule has 0 saturated heterocycles. The Balaban J connectivity index is 2.59. The SMILES string of the molecule is CCC(C)(C)c1ccccc1CCCOP(=O)([O-])OC(F)(F)F. The van der Waals surface area contributed by atoms with Crippen molar-refractivity contribution in [2.24, 2.45) is 0 Å². The van der Waals surface area contributed by atoms with Gasteiger partial charge < -0.3 is 9.42 Å². The summed E-state index contributed by atoms with van der Waals surface area (Å²) in [6.07, 6.45) is -3.57. The maximum absolute atomic E-state index is 11.9. The van der Waals surface area contributed by atoms with Crippen molar-refractivity contribution < 1.29 is 31.7 Å². The monoisotopic (exact) mass is 353 g/mol. The molecule has 0 saturated carbocycles. The van der Waals surface area contributed by atoms with Crippen LogP contribution in [-0.2, 0) is 25.4 Å². The topological polar surface area (TPSA) is 58.6 Å². The van der Waals surface area contributed by atoms with Gasteiger partial charge in [0.15, 0.2) is 0 Å². The fourth-order valence-electron chi connectivity index (χ4n) is 2.18. The zero-order chi connectivity index (χ0) is 17.7. The summed E-state index contributed by atoms with van der Waals surface area (Å²) in [5.74, 6) is 0. The largest absolute Gasteiger partial charge is 0.756 e. The number of rotatable bonds is 8. The van der Waals surface area contributed by atoms with Gasteiger partial charge in [-0.1, -0.05) is 45.0 Å². The van der Waals surface area contributed by atoms with E-state index in [9.17, 15) is 22.6 Å². The standard InChI is InChI=1S/C15H22F3O4P/c1-4-14(2,3)13-10-6-5-8-12(13)9-7-11-21-23(19,20)22-15(16,17)18/h5-6,8,10H,4,7,9,11H2,1-3H3,(H,19,20)/p-1. The predicted molar refractivity (Wildman–Crippen MR) is 78.8 cm³/mol. The lowest BCUT2D eigenvalue weighted by Gasteiger charge is -2.27. The van der Waals surface area contributed by atoms with Gasteiger partial charge in [0.2, 0.25) is 0 Å². The second-order valence-corrected chi connectivity index (χ2v) is 7.15. The van der Waals surface area contributed by atoms with Crippen LogP contribution < -0.4 is 4.89 Å². The van der Waals surface area contributed by atoms with Gasteiger partial charge in [0, 0.05) is 0 Å². The zero-order valence-corrected chi connectivity index (χ0v) is 14.2. The van der Waals surface area contributed by atoms with Crippen molar-refractivity contribution in [2.75, 3.05) is 6.61 Å². The molecule has 0 radical (unpaired) electrons. The molecule has 0 aliphatic carbocycles. The third kappa shape index (κ3) is 7.04. The number of halogens is 3. The molecule has 0 heterocycles. The first-order valence-corrected chi connectivity index (χ1v) is 8.74. The van der Waals surface area contributed by atoms with Gasteiger partial charge in [0.05, 0.1) is 6.61 Å². The molecule has 132 valence electrons. The Kier molecular flexibility index (Phi) is 6.83.